The maximum absolute atomic E-state index is 12.7. The summed E-state index contributed by atoms with van der Waals surface area (Å²) in [6.07, 6.45) is 1.42. The van der Waals surface area contributed by atoms with Crippen LogP contribution in [0.4, 0.5) is 5.69 Å². The second-order valence-corrected chi connectivity index (χ2v) is 9.03. The normalized spacial score (nSPS) is 15.0. The number of aryl methyl sites for hydroxylation is 2. The number of hydrogen-bond donors (Lipinski definition) is 0. The number of piperazine rings is 1. The summed E-state index contributed by atoms with van der Waals surface area (Å²) in [4.78, 5) is 17.1. The van der Waals surface area contributed by atoms with Gasteiger partial charge in [-0.2, -0.15) is 0 Å². The molecule has 1 heterocycles. The number of anilines is 1. The summed E-state index contributed by atoms with van der Waals surface area (Å²) in [6, 6.07) is 15.2. The first-order chi connectivity index (χ1) is 13.3. The maximum Gasteiger partial charge on any atom is 0.223 e. The van der Waals surface area contributed by atoms with E-state index in [1.807, 2.05) is 4.90 Å². The molecule has 3 heteroatoms. The smallest absolute Gasteiger partial charge is 0.223 e. The van der Waals surface area contributed by atoms with Gasteiger partial charge in [-0.3, -0.25) is 4.79 Å². The number of hydrogen-bond acceptors (Lipinski definition) is 2. The van der Waals surface area contributed by atoms with E-state index in [-0.39, 0.29) is 11.3 Å². The molecule has 2 aromatic rings. The van der Waals surface area contributed by atoms with Gasteiger partial charge in [-0.05, 0) is 54.0 Å². The van der Waals surface area contributed by atoms with E-state index in [1.165, 1.54) is 27.9 Å². The minimum absolute atomic E-state index is 0.170. The van der Waals surface area contributed by atoms with Crippen molar-refractivity contribution < 1.29 is 4.79 Å². The van der Waals surface area contributed by atoms with Gasteiger partial charge in [0.05, 0.1) is 0 Å². The lowest BCUT2D eigenvalue weighted by atomic mass is 9.86. The first-order valence-electron chi connectivity index (χ1n) is 10.4. The van der Waals surface area contributed by atoms with Gasteiger partial charge in [-0.15, -0.1) is 0 Å². The summed E-state index contributed by atoms with van der Waals surface area (Å²) in [5.74, 6) is 0.278. The van der Waals surface area contributed by atoms with Gasteiger partial charge >= 0.3 is 0 Å². The predicted octanol–water partition coefficient (Wildman–Crippen LogP) is 4.88. The van der Waals surface area contributed by atoms with Crippen molar-refractivity contribution in [2.75, 3.05) is 31.1 Å². The molecule has 2 aromatic carbocycles. The fraction of sp³-hybridized carbons (Fsp3) is 0.480. The molecule has 0 aliphatic carbocycles. The van der Waals surface area contributed by atoms with Gasteiger partial charge in [0, 0.05) is 38.3 Å². The van der Waals surface area contributed by atoms with Gasteiger partial charge in [0.25, 0.3) is 0 Å². The van der Waals surface area contributed by atoms with Crippen molar-refractivity contribution in [3.8, 4) is 0 Å². The van der Waals surface area contributed by atoms with Crippen LogP contribution in [0.1, 0.15) is 49.4 Å². The van der Waals surface area contributed by atoms with E-state index in [0.717, 1.165) is 32.6 Å². The summed E-state index contributed by atoms with van der Waals surface area (Å²) in [6.45, 7) is 14.5. The zero-order valence-corrected chi connectivity index (χ0v) is 18.1. The first-order valence-corrected chi connectivity index (χ1v) is 10.4. The summed E-state index contributed by atoms with van der Waals surface area (Å²) in [5.41, 5.74) is 6.74. The Hall–Kier alpha value is -2.29. The summed E-state index contributed by atoms with van der Waals surface area (Å²) >= 11 is 0. The molecule has 0 bridgehead atoms. The lowest BCUT2D eigenvalue weighted by Gasteiger charge is -2.37. The number of carbonyl (C=O) groups is 1. The molecule has 150 valence electrons. The molecule has 1 amide bonds. The van der Waals surface area contributed by atoms with Crippen LogP contribution in [-0.2, 0) is 16.6 Å². The number of amides is 1. The van der Waals surface area contributed by atoms with Crippen molar-refractivity contribution in [1.82, 2.24) is 4.90 Å². The zero-order valence-electron chi connectivity index (χ0n) is 18.1. The lowest BCUT2D eigenvalue weighted by molar-refractivity contribution is -0.131. The van der Waals surface area contributed by atoms with Crippen LogP contribution in [0.3, 0.4) is 0 Å². The van der Waals surface area contributed by atoms with E-state index < -0.39 is 0 Å². The van der Waals surface area contributed by atoms with E-state index in [2.05, 4.69) is 82.0 Å². The number of benzene rings is 2. The third-order valence-corrected chi connectivity index (χ3v) is 6.00. The second-order valence-electron chi connectivity index (χ2n) is 9.03. The fourth-order valence-corrected chi connectivity index (χ4v) is 3.86. The van der Waals surface area contributed by atoms with E-state index in [1.54, 1.807) is 0 Å². The molecule has 1 aliphatic rings. The van der Waals surface area contributed by atoms with Crippen LogP contribution in [0.5, 0.6) is 0 Å². The van der Waals surface area contributed by atoms with Crippen molar-refractivity contribution >= 4 is 11.6 Å². The average molecular weight is 379 g/mol. The maximum atomic E-state index is 12.7. The highest BCUT2D eigenvalue weighted by Crippen LogP contribution is 2.24. The third kappa shape index (κ3) is 4.76. The standard InChI is InChI=1S/C25H34N2O/c1-19-7-6-8-23(20(19)2)26-15-17-27(18-16-26)24(28)14-11-21-9-12-22(13-10-21)25(3,4)5/h6-10,12-13H,11,14-18H2,1-5H3. The molecule has 1 saturated heterocycles. The predicted molar refractivity (Wildman–Crippen MR) is 118 cm³/mol. The van der Waals surface area contributed by atoms with E-state index >= 15 is 0 Å². The van der Waals surface area contributed by atoms with Gasteiger partial charge in [0.2, 0.25) is 5.91 Å². The Morgan fingerprint density at radius 2 is 1.57 bits per heavy atom. The molecular weight excluding hydrogens is 344 g/mol. The van der Waals surface area contributed by atoms with Gasteiger partial charge < -0.3 is 9.80 Å². The molecule has 0 atom stereocenters. The molecule has 0 spiro atoms. The molecule has 0 radical (unpaired) electrons. The van der Waals surface area contributed by atoms with Crippen molar-refractivity contribution in [2.24, 2.45) is 0 Å². The molecule has 1 fully saturated rings. The van der Waals surface area contributed by atoms with Gasteiger partial charge in [-0.1, -0.05) is 57.2 Å². The lowest BCUT2D eigenvalue weighted by Crippen LogP contribution is -2.49. The van der Waals surface area contributed by atoms with Crippen LogP contribution in [0, 0.1) is 13.8 Å². The van der Waals surface area contributed by atoms with Gasteiger partial charge in [0.1, 0.15) is 0 Å². The number of rotatable bonds is 4. The van der Waals surface area contributed by atoms with E-state index in [0.29, 0.717) is 6.42 Å². The molecular formula is C25H34N2O. The fourth-order valence-electron chi connectivity index (χ4n) is 3.86. The summed E-state index contributed by atoms with van der Waals surface area (Å²) < 4.78 is 0. The highest BCUT2D eigenvalue weighted by atomic mass is 16.2. The largest absolute Gasteiger partial charge is 0.368 e. The molecule has 28 heavy (non-hydrogen) atoms. The van der Waals surface area contributed by atoms with Crippen molar-refractivity contribution in [1.29, 1.82) is 0 Å². The summed E-state index contributed by atoms with van der Waals surface area (Å²) in [7, 11) is 0. The van der Waals surface area contributed by atoms with E-state index in [9.17, 15) is 4.79 Å². The molecule has 3 nitrogen and oxygen atoms in total. The Balaban J connectivity index is 1.51. The monoisotopic (exact) mass is 378 g/mol. The van der Waals surface area contributed by atoms with Crippen LogP contribution in [0.2, 0.25) is 0 Å². The number of nitrogens with zero attached hydrogens (tertiary/aromatic N) is 2. The zero-order chi connectivity index (χ0) is 20.3. The Morgan fingerprint density at radius 1 is 0.929 bits per heavy atom. The third-order valence-electron chi connectivity index (χ3n) is 6.00. The molecule has 3 rings (SSSR count). The molecule has 1 aliphatic heterocycles. The average Bonchev–Trinajstić information content (AvgIpc) is 2.68. The molecule has 0 unspecified atom stereocenters. The van der Waals surface area contributed by atoms with Crippen molar-refractivity contribution in [2.45, 2.75) is 52.9 Å². The van der Waals surface area contributed by atoms with Crippen LogP contribution in [0.25, 0.3) is 0 Å². The van der Waals surface area contributed by atoms with Crippen LogP contribution < -0.4 is 4.90 Å². The van der Waals surface area contributed by atoms with Crippen LogP contribution >= 0.6 is 0 Å². The van der Waals surface area contributed by atoms with Gasteiger partial charge in [0.15, 0.2) is 0 Å². The van der Waals surface area contributed by atoms with E-state index in [4.69, 9.17) is 0 Å². The molecule has 0 aromatic heterocycles. The Bertz CT molecular complexity index is 809. The minimum Gasteiger partial charge on any atom is -0.368 e. The molecule has 0 N–H and O–H groups in total. The number of carbonyl (C=O) groups excluding carboxylic acids is 1. The molecule has 0 saturated carbocycles. The topological polar surface area (TPSA) is 23.6 Å². The van der Waals surface area contributed by atoms with Crippen LogP contribution in [-0.4, -0.2) is 37.0 Å². The SMILES string of the molecule is Cc1cccc(N2CCN(C(=O)CCc3ccc(C(C)(C)C)cc3)CC2)c1C. The summed E-state index contributed by atoms with van der Waals surface area (Å²) in [5, 5.41) is 0. The minimum atomic E-state index is 0.170. The Morgan fingerprint density at radius 3 is 2.18 bits per heavy atom. The Labute approximate surface area is 170 Å². The first kappa shape index (κ1) is 20.4. The van der Waals surface area contributed by atoms with Crippen LogP contribution in [0.15, 0.2) is 42.5 Å². The second kappa shape index (κ2) is 8.38. The van der Waals surface area contributed by atoms with Crippen molar-refractivity contribution in [3.05, 3.63) is 64.7 Å². The quantitative estimate of drug-likeness (QED) is 0.757. The highest BCUT2D eigenvalue weighted by molar-refractivity contribution is 5.77. The highest BCUT2D eigenvalue weighted by Gasteiger charge is 2.22. The Kier molecular flexibility index (Phi) is 6.12. The van der Waals surface area contributed by atoms with Gasteiger partial charge in [-0.25, -0.2) is 0 Å². The van der Waals surface area contributed by atoms with Crippen molar-refractivity contribution in [3.63, 3.8) is 0 Å².